The van der Waals surface area contributed by atoms with Gasteiger partial charge in [-0.2, -0.15) is 0 Å². The van der Waals surface area contributed by atoms with E-state index in [-0.39, 0.29) is 11.2 Å². The average molecular weight is 255 g/mol. The molecule has 17 heavy (non-hydrogen) atoms. The third-order valence-corrected chi connectivity index (χ3v) is 3.06. The fourth-order valence-corrected chi connectivity index (χ4v) is 2.20. The first-order valence-electron chi connectivity index (χ1n) is 5.85. The quantitative estimate of drug-likeness (QED) is 0.751. The Morgan fingerprint density at radius 2 is 2.18 bits per heavy atom. The molecule has 1 atom stereocenters. The number of rotatable bonds is 3. The van der Waals surface area contributed by atoms with Crippen molar-refractivity contribution >= 4 is 22.6 Å². The number of fused-ring (bicyclic) bond motifs is 1. The fourth-order valence-electron chi connectivity index (χ4n) is 2.03. The van der Waals surface area contributed by atoms with Crippen molar-refractivity contribution in [2.45, 2.75) is 39.1 Å². The number of hydrogen-bond donors (Lipinski definition) is 0. The zero-order valence-electron chi connectivity index (χ0n) is 10.3. The Morgan fingerprint density at radius 3 is 2.76 bits per heavy atom. The van der Waals surface area contributed by atoms with Gasteiger partial charge in [-0.25, -0.2) is 9.37 Å². The third-order valence-electron chi connectivity index (χ3n) is 2.86. The lowest BCUT2D eigenvalue weighted by Gasteiger charge is -2.09. The minimum Gasteiger partial charge on any atom is -0.327 e. The number of imidazole rings is 1. The smallest absolute Gasteiger partial charge is 0.128 e. The molecule has 2 rings (SSSR count). The molecular weight excluding hydrogens is 239 g/mol. The molecule has 0 radical (unpaired) electrons. The summed E-state index contributed by atoms with van der Waals surface area (Å²) in [5, 5.41) is -0.169. The topological polar surface area (TPSA) is 17.8 Å². The van der Waals surface area contributed by atoms with Gasteiger partial charge in [-0.05, 0) is 31.9 Å². The van der Waals surface area contributed by atoms with Crippen LogP contribution in [0.15, 0.2) is 12.1 Å². The number of nitrogens with zero attached hydrogens (tertiary/aromatic N) is 2. The lowest BCUT2D eigenvalue weighted by molar-refractivity contribution is 0.619. The van der Waals surface area contributed by atoms with Crippen LogP contribution in [0.5, 0.6) is 0 Å². The Kier molecular flexibility index (Phi) is 3.38. The zero-order valence-corrected chi connectivity index (χ0v) is 11.1. The van der Waals surface area contributed by atoms with Crippen LogP contribution in [0.4, 0.5) is 4.39 Å². The van der Waals surface area contributed by atoms with Crippen LogP contribution in [0.25, 0.3) is 11.0 Å². The molecule has 0 amide bonds. The number of halogens is 2. The van der Waals surface area contributed by atoms with Crippen molar-refractivity contribution in [1.82, 2.24) is 9.55 Å². The van der Waals surface area contributed by atoms with E-state index in [2.05, 4.69) is 16.5 Å². The predicted molar refractivity (Wildman–Crippen MR) is 69.0 cm³/mol. The molecular formula is C13H16ClFN2. The number of aryl methyl sites for hydroxylation is 2. The third kappa shape index (κ3) is 2.16. The normalized spacial score (nSPS) is 13.2. The van der Waals surface area contributed by atoms with Crippen molar-refractivity contribution in [3.05, 3.63) is 29.3 Å². The average Bonchev–Trinajstić information content (AvgIpc) is 2.59. The summed E-state index contributed by atoms with van der Waals surface area (Å²) in [4.78, 5) is 4.42. The first-order valence-corrected chi connectivity index (χ1v) is 6.28. The lowest BCUT2D eigenvalue weighted by Crippen LogP contribution is -2.03. The van der Waals surface area contributed by atoms with Crippen LogP contribution < -0.4 is 0 Å². The molecule has 1 heterocycles. The van der Waals surface area contributed by atoms with Crippen molar-refractivity contribution < 1.29 is 4.39 Å². The minimum atomic E-state index is -0.215. The molecule has 0 N–H and O–H groups in total. The molecule has 0 saturated carbocycles. The monoisotopic (exact) mass is 254 g/mol. The van der Waals surface area contributed by atoms with Crippen LogP contribution >= 0.6 is 11.6 Å². The van der Waals surface area contributed by atoms with Gasteiger partial charge >= 0.3 is 0 Å². The fraction of sp³-hybridized carbons (Fsp3) is 0.462. The number of benzene rings is 1. The molecule has 0 aliphatic carbocycles. The van der Waals surface area contributed by atoms with E-state index < -0.39 is 0 Å². The van der Waals surface area contributed by atoms with E-state index in [1.807, 2.05) is 13.0 Å². The highest BCUT2D eigenvalue weighted by Crippen LogP contribution is 2.26. The van der Waals surface area contributed by atoms with Gasteiger partial charge in [-0.1, -0.05) is 6.92 Å². The summed E-state index contributed by atoms with van der Waals surface area (Å²) < 4.78 is 15.6. The summed E-state index contributed by atoms with van der Waals surface area (Å²) in [6.45, 7) is 6.61. The Hall–Kier alpha value is -1.09. The van der Waals surface area contributed by atoms with Gasteiger partial charge in [0.25, 0.3) is 0 Å². The lowest BCUT2D eigenvalue weighted by atomic mass is 10.2. The molecule has 0 fully saturated rings. The van der Waals surface area contributed by atoms with Crippen LogP contribution in [-0.2, 0) is 6.54 Å². The van der Waals surface area contributed by atoms with Gasteiger partial charge in [0, 0.05) is 12.6 Å². The molecule has 0 aliphatic rings. The van der Waals surface area contributed by atoms with Crippen LogP contribution in [0.3, 0.4) is 0 Å². The Labute approximate surface area is 105 Å². The van der Waals surface area contributed by atoms with Crippen LogP contribution in [-0.4, -0.2) is 9.55 Å². The van der Waals surface area contributed by atoms with E-state index in [9.17, 15) is 4.39 Å². The zero-order chi connectivity index (χ0) is 12.6. The van der Waals surface area contributed by atoms with E-state index in [4.69, 9.17) is 11.6 Å². The summed E-state index contributed by atoms with van der Waals surface area (Å²) >= 11 is 6.12. The Balaban J connectivity index is 2.71. The van der Waals surface area contributed by atoms with Gasteiger partial charge in [0.05, 0.1) is 16.4 Å². The van der Waals surface area contributed by atoms with Crippen LogP contribution in [0.1, 0.15) is 37.0 Å². The standard InChI is InChI=1S/C13H16ClFN2/c1-4-5-17-12-6-8(2)10(15)7-11(12)16-13(17)9(3)14/h6-7,9H,4-5H2,1-3H3. The predicted octanol–water partition coefficient (Wildman–Crippen LogP) is 4.19. The molecule has 0 aliphatic heterocycles. The second-order valence-electron chi connectivity index (χ2n) is 4.33. The van der Waals surface area contributed by atoms with E-state index in [0.29, 0.717) is 11.1 Å². The van der Waals surface area contributed by atoms with Gasteiger partial charge in [0.2, 0.25) is 0 Å². The van der Waals surface area contributed by atoms with Gasteiger partial charge < -0.3 is 4.57 Å². The van der Waals surface area contributed by atoms with Crippen molar-refractivity contribution in [2.75, 3.05) is 0 Å². The molecule has 0 bridgehead atoms. The molecule has 1 unspecified atom stereocenters. The largest absolute Gasteiger partial charge is 0.327 e. The summed E-state index contributed by atoms with van der Waals surface area (Å²) in [6, 6.07) is 3.33. The van der Waals surface area contributed by atoms with Crippen LogP contribution in [0.2, 0.25) is 0 Å². The molecule has 4 heteroatoms. The highest BCUT2D eigenvalue weighted by Gasteiger charge is 2.15. The number of alkyl halides is 1. The Bertz CT molecular complexity index is 546. The van der Waals surface area contributed by atoms with E-state index in [0.717, 1.165) is 24.3 Å². The molecule has 1 aromatic carbocycles. The van der Waals surface area contributed by atoms with E-state index in [1.165, 1.54) is 6.07 Å². The second-order valence-corrected chi connectivity index (χ2v) is 4.98. The minimum absolute atomic E-state index is 0.169. The van der Waals surface area contributed by atoms with Gasteiger partial charge in [0.15, 0.2) is 0 Å². The van der Waals surface area contributed by atoms with E-state index >= 15 is 0 Å². The van der Waals surface area contributed by atoms with Gasteiger partial charge in [-0.15, -0.1) is 11.6 Å². The van der Waals surface area contributed by atoms with Gasteiger partial charge in [0.1, 0.15) is 11.6 Å². The SMILES string of the molecule is CCCn1c(C(C)Cl)nc2cc(F)c(C)cc21. The molecule has 92 valence electrons. The van der Waals surface area contributed by atoms with Crippen molar-refractivity contribution in [2.24, 2.45) is 0 Å². The molecule has 2 aromatic rings. The van der Waals surface area contributed by atoms with Crippen LogP contribution in [0, 0.1) is 12.7 Å². The highest BCUT2D eigenvalue weighted by molar-refractivity contribution is 6.20. The molecule has 1 aromatic heterocycles. The molecule has 2 nitrogen and oxygen atoms in total. The van der Waals surface area contributed by atoms with Crippen molar-refractivity contribution in [1.29, 1.82) is 0 Å². The maximum atomic E-state index is 13.5. The highest BCUT2D eigenvalue weighted by atomic mass is 35.5. The van der Waals surface area contributed by atoms with Crippen molar-refractivity contribution in [3.8, 4) is 0 Å². The Morgan fingerprint density at radius 1 is 1.47 bits per heavy atom. The summed E-state index contributed by atoms with van der Waals surface area (Å²) in [6.07, 6.45) is 0.999. The second kappa shape index (κ2) is 4.65. The van der Waals surface area contributed by atoms with Gasteiger partial charge in [-0.3, -0.25) is 0 Å². The first kappa shape index (κ1) is 12.4. The summed E-state index contributed by atoms with van der Waals surface area (Å²) in [7, 11) is 0. The number of hydrogen-bond acceptors (Lipinski definition) is 1. The summed E-state index contributed by atoms with van der Waals surface area (Å²) in [5.41, 5.74) is 2.29. The molecule has 0 saturated heterocycles. The number of aromatic nitrogens is 2. The summed E-state index contributed by atoms with van der Waals surface area (Å²) in [5.74, 6) is 0.598. The van der Waals surface area contributed by atoms with E-state index in [1.54, 1.807) is 6.92 Å². The maximum absolute atomic E-state index is 13.5. The maximum Gasteiger partial charge on any atom is 0.128 e. The molecule has 0 spiro atoms. The first-order chi connectivity index (χ1) is 8.04. The van der Waals surface area contributed by atoms with Crippen molar-refractivity contribution in [3.63, 3.8) is 0 Å².